The van der Waals surface area contributed by atoms with E-state index < -0.39 is 6.10 Å². The highest BCUT2D eigenvalue weighted by Gasteiger charge is 2.19. The molecule has 1 unspecified atom stereocenters. The molecule has 0 N–H and O–H groups in total. The van der Waals surface area contributed by atoms with Gasteiger partial charge in [-0.3, -0.25) is 14.4 Å². The van der Waals surface area contributed by atoms with Crippen LogP contribution < -0.4 is 0 Å². The van der Waals surface area contributed by atoms with Crippen molar-refractivity contribution >= 4 is 17.9 Å². The molecule has 6 nitrogen and oxygen atoms in total. The smallest absolute Gasteiger partial charge is 0.306 e. The van der Waals surface area contributed by atoms with Crippen molar-refractivity contribution in [2.45, 2.75) is 207 Å². The van der Waals surface area contributed by atoms with Gasteiger partial charge in [-0.25, -0.2) is 0 Å². The Morgan fingerprint density at radius 2 is 0.763 bits per heavy atom. The Kier molecular flexibility index (Phi) is 44.1. The van der Waals surface area contributed by atoms with Gasteiger partial charge in [-0.1, -0.05) is 189 Å². The highest BCUT2D eigenvalue weighted by molar-refractivity contribution is 5.71. The lowest BCUT2D eigenvalue weighted by Crippen LogP contribution is -2.30. The van der Waals surface area contributed by atoms with Gasteiger partial charge >= 0.3 is 17.9 Å². The van der Waals surface area contributed by atoms with E-state index in [1.54, 1.807) is 0 Å². The summed E-state index contributed by atoms with van der Waals surface area (Å²) in [5.41, 5.74) is 0. The van der Waals surface area contributed by atoms with Crippen molar-refractivity contribution in [3.8, 4) is 0 Å². The topological polar surface area (TPSA) is 78.9 Å². The minimum absolute atomic E-state index is 0.113. The number of rotatable bonds is 41. The maximum atomic E-state index is 12.7. The molecule has 334 valence electrons. The van der Waals surface area contributed by atoms with Crippen LogP contribution in [0.1, 0.15) is 201 Å². The van der Waals surface area contributed by atoms with Gasteiger partial charge in [0.15, 0.2) is 6.10 Å². The molecule has 0 amide bonds. The molecule has 0 radical (unpaired) electrons. The first kappa shape index (κ1) is 55.3. The third-order valence-electron chi connectivity index (χ3n) is 9.65. The lowest BCUT2D eigenvalue weighted by molar-refractivity contribution is -0.167. The molecule has 0 fully saturated rings. The quantitative estimate of drug-likeness (QED) is 0.0201. The van der Waals surface area contributed by atoms with Gasteiger partial charge in [0.2, 0.25) is 0 Å². The molecular weight excluding hydrogens is 733 g/mol. The molecule has 0 aromatic heterocycles. The SMILES string of the molecule is CC\C=C/C=C\C=C/C=C\CCCCCC(=O)OC(COC(=O)CCC/C=C\C/C=C\C/C=C\CC)COC(=O)CCCCCCCCC/C=C\CCCCCCCC. The predicted octanol–water partition coefficient (Wildman–Crippen LogP) is 15.4. The van der Waals surface area contributed by atoms with E-state index in [-0.39, 0.29) is 44.0 Å². The molecule has 0 heterocycles. The summed E-state index contributed by atoms with van der Waals surface area (Å²) in [7, 11) is 0. The molecule has 0 aliphatic rings. The molecule has 1 atom stereocenters. The molecule has 0 bridgehead atoms. The third-order valence-corrected chi connectivity index (χ3v) is 9.65. The summed E-state index contributed by atoms with van der Waals surface area (Å²) in [6.07, 6.45) is 61.2. The summed E-state index contributed by atoms with van der Waals surface area (Å²) in [6.45, 7) is 6.27. The van der Waals surface area contributed by atoms with Crippen molar-refractivity contribution in [3.63, 3.8) is 0 Å². The van der Waals surface area contributed by atoms with E-state index in [2.05, 4.69) is 81.5 Å². The second-order valence-electron chi connectivity index (χ2n) is 15.3. The Hall–Kier alpha value is -3.67. The Balaban J connectivity index is 4.48. The van der Waals surface area contributed by atoms with Crippen LogP contribution in [0.15, 0.2) is 97.2 Å². The summed E-state index contributed by atoms with van der Waals surface area (Å²) in [6, 6.07) is 0. The predicted molar refractivity (Wildman–Crippen MR) is 251 cm³/mol. The van der Waals surface area contributed by atoms with Crippen LogP contribution in [-0.4, -0.2) is 37.2 Å². The maximum absolute atomic E-state index is 12.7. The molecule has 0 aliphatic heterocycles. The summed E-state index contributed by atoms with van der Waals surface area (Å²) in [4.78, 5) is 37.8. The minimum atomic E-state index is -0.819. The van der Waals surface area contributed by atoms with Crippen LogP contribution in [0.2, 0.25) is 0 Å². The summed E-state index contributed by atoms with van der Waals surface area (Å²) >= 11 is 0. The van der Waals surface area contributed by atoms with Crippen molar-refractivity contribution < 1.29 is 28.6 Å². The van der Waals surface area contributed by atoms with Crippen molar-refractivity contribution in [2.24, 2.45) is 0 Å². The molecule has 6 heteroatoms. The number of carbonyl (C=O) groups excluding carboxylic acids is 3. The van der Waals surface area contributed by atoms with Crippen LogP contribution >= 0.6 is 0 Å². The molecule has 0 spiro atoms. The number of esters is 3. The van der Waals surface area contributed by atoms with Crippen molar-refractivity contribution in [1.29, 1.82) is 0 Å². The Bertz CT molecular complexity index is 1220. The van der Waals surface area contributed by atoms with Gasteiger partial charge in [0.25, 0.3) is 0 Å². The Morgan fingerprint density at radius 1 is 0.373 bits per heavy atom. The normalized spacial score (nSPS) is 12.9. The molecule has 0 saturated carbocycles. The molecule has 0 saturated heterocycles. The van der Waals surface area contributed by atoms with E-state index in [1.165, 1.54) is 77.0 Å². The third kappa shape index (κ3) is 45.3. The highest BCUT2D eigenvalue weighted by Crippen LogP contribution is 2.13. The number of unbranched alkanes of at least 4 members (excludes halogenated alkanes) is 17. The van der Waals surface area contributed by atoms with Gasteiger partial charge in [-0.2, -0.15) is 0 Å². The first-order valence-corrected chi connectivity index (χ1v) is 23.8. The second-order valence-corrected chi connectivity index (χ2v) is 15.3. The van der Waals surface area contributed by atoms with Crippen LogP contribution in [0.5, 0.6) is 0 Å². The van der Waals surface area contributed by atoms with Gasteiger partial charge in [0.05, 0.1) is 0 Å². The lowest BCUT2D eigenvalue weighted by atomic mass is 10.1. The largest absolute Gasteiger partial charge is 0.462 e. The van der Waals surface area contributed by atoms with Gasteiger partial charge in [-0.15, -0.1) is 0 Å². The number of carbonyl (C=O) groups is 3. The zero-order valence-electron chi connectivity index (χ0n) is 38.0. The van der Waals surface area contributed by atoms with E-state index >= 15 is 0 Å². The van der Waals surface area contributed by atoms with Crippen LogP contribution in [0.25, 0.3) is 0 Å². The van der Waals surface area contributed by atoms with Gasteiger partial charge in [0, 0.05) is 19.3 Å². The number of hydrogen-bond acceptors (Lipinski definition) is 6. The van der Waals surface area contributed by atoms with Crippen LogP contribution in [0.4, 0.5) is 0 Å². The Labute approximate surface area is 362 Å². The van der Waals surface area contributed by atoms with Crippen molar-refractivity contribution in [1.82, 2.24) is 0 Å². The molecule has 0 aliphatic carbocycles. The van der Waals surface area contributed by atoms with Crippen molar-refractivity contribution in [3.05, 3.63) is 97.2 Å². The van der Waals surface area contributed by atoms with Crippen LogP contribution in [0, 0.1) is 0 Å². The standard InChI is InChI=1S/C53H86O6/c1-4-7-10-13-16-19-22-24-25-26-27-29-31-34-37-40-43-46-52(55)58-49-50(48-57-51(54)45-42-39-36-33-30-21-18-15-12-9-6-3)59-53(56)47-44-41-38-35-32-28-23-20-17-14-11-8-5-2/h8-9,11-12,14,17-18,20-21,23-25,28,32-33,36,50H,4-7,10,13,15-16,19,22,26-27,29-31,34-35,37-49H2,1-3H3/b11-8-,12-9-,17-14-,21-18-,23-20-,25-24-,32-28-,36-33-. The zero-order chi connectivity index (χ0) is 43.0. The van der Waals surface area contributed by atoms with Crippen LogP contribution in [0.3, 0.4) is 0 Å². The molecule has 0 aromatic rings. The summed E-state index contributed by atoms with van der Waals surface area (Å²) in [5, 5.41) is 0. The van der Waals surface area contributed by atoms with Crippen molar-refractivity contribution in [2.75, 3.05) is 13.2 Å². The summed E-state index contributed by atoms with van der Waals surface area (Å²) < 4.78 is 16.6. The van der Waals surface area contributed by atoms with Gasteiger partial charge in [-0.05, 0) is 89.9 Å². The molecule has 0 rings (SSSR count). The molecular formula is C53H86O6. The minimum Gasteiger partial charge on any atom is -0.462 e. The summed E-state index contributed by atoms with van der Waals surface area (Å²) in [5.74, 6) is -1.02. The number of ether oxygens (including phenoxy) is 3. The average molecular weight is 819 g/mol. The Morgan fingerprint density at radius 3 is 1.34 bits per heavy atom. The highest BCUT2D eigenvalue weighted by atomic mass is 16.6. The first-order valence-electron chi connectivity index (χ1n) is 23.8. The average Bonchev–Trinajstić information content (AvgIpc) is 3.23. The second kappa shape index (κ2) is 47.0. The zero-order valence-corrected chi connectivity index (χ0v) is 38.0. The fourth-order valence-electron chi connectivity index (χ4n) is 6.12. The van der Waals surface area contributed by atoms with E-state index in [9.17, 15) is 14.4 Å². The van der Waals surface area contributed by atoms with Gasteiger partial charge < -0.3 is 14.2 Å². The maximum Gasteiger partial charge on any atom is 0.306 e. The van der Waals surface area contributed by atoms with E-state index in [4.69, 9.17) is 14.2 Å². The lowest BCUT2D eigenvalue weighted by Gasteiger charge is -2.18. The number of hydrogen-bond donors (Lipinski definition) is 0. The monoisotopic (exact) mass is 819 g/mol. The van der Waals surface area contributed by atoms with E-state index in [0.29, 0.717) is 19.3 Å². The molecule has 0 aromatic carbocycles. The first-order chi connectivity index (χ1) is 29.0. The number of allylic oxidation sites excluding steroid dienone is 16. The van der Waals surface area contributed by atoms with E-state index in [1.807, 2.05) is 36.5 Å². The molecule has 59 heavy (non-hydrogen) atoms. The van der Waals surface area contributed by atoms with E-state index in [0.717, 1.165) is 70.6 Å². The van der Waals surface area contributed by atoms with Gasteiger partial charge in [0.1, 0.15) is 13.2 Å². The fraction of sp³-hybridized carbons (Fsp3) is 0.642. The fourth-order valence-corrected chi connectivity index (χ4v) is 6.12. The van der Waals surface area contributed by atoms with Crippen LogP contribution in [-0.2, 0) is 28.6 Å².